The first-order chi connectivity index (χ1) is 7.59. The van der Waals surface area contributed by atoms with E-state index in [1.54, 1.807) is 0 Å². The van der Waals surface area contributed by atoms with E-state index in [4.69, 9.17) is 4.74 Å². The van der Waals surface area contributed by atoms with Gasteiger partial charge in [0.1, 0.15) is 0 Å². The molecule has 1 aromatic rings. The quantitative estimate of drug-likeness (QED) is 0.720. The highest BCUT2D eigenvalue weighted by Gasteiger charge is 2.32. The fourth-order valence-electron chi connectivity index (χ4n) is 2.36. The number of hydrogen-bond donors (Lipinski definition) is 0. The van der Waals surface area contributed by atoms with Gasteiger partial charge in [-0.15, -0.1) is 0 Å². The first-order valence-corrected chi connectivity index (χ1v) is 5.98. The van der Waals surface area contributed by atoms with Crippen molar-refractivity contribution in [3.05, 3.63) is 35.9 Å². The van der Waals surface area contributed by atoms with Crippen LogP contribution in [0.1, 0.15) is 32.4 Å². The third-order valence-electron chi connectivity index (χ3n) is 3.17. The molecule has 2 heteroatoms. The summed E-state index contributed by atoms with van der Waals surface area (Å²) in [6.45, 7) is 9.49. The van der Waals surface area contributed by atoms with Gasteiger partial charge in [-0.2, -0.15) is 0 Å². The lowest BCUT2D eigenvalue weighted by Crippen LogP contribution is -2.49. The summed E-state index contributed by atoms with van der Waals surface area (Å²) in [5, 5.41) is 0. The van der Waals surface area contributed by atoms with Crippen LogP contribution in [0.15, 0.2) is 30.3 Å². The Morgan fingerprint density at radius 3 is 2.50 bits per heavy atom. The summed E-state index contributed by atoms with van der Waals surface area (Å²) < 4.78 is 5.62. The molecule has 0 spiro atoms. The number of benzene rings is 1. The molecule has 1 aliphatic heterocycles. The molecular formula is C14H21NO. The summed E-state index contributed by atoms with van der Waals surface area (Å²) in [4.78, 5) is 2.53. The van der Waals surface area contributed by atoms with Gasteiger partial charge in [-0.3, -0.25) is 4.90 Å². The van der Waals surface area contributed by atoms with Crippen molar-refractivity contribution in [3.8, 4) is 0 Å². The third kappa shape index (κ3) is 2.45. The fourth-order valence-corrected chi connectivity index (χ4v) is 2.36. The third-order valence-corrected chi connectivity index (χ3v) is 3.17. The van der Waals surface area contributed by atoms with E-state index in [-0.39, 0.29) is 5.54 Å². The van der Waals surface area contributed by atoms with Crippen molar-refractivity contribution in [2.24, 2.45) is 0 Å². The van der Waals surface area contributed by atoms with Crippen molar-refractivity contribution >= 4 is 0 Å². The Labute approximate surface area is 98.2 Å². The maximum Gasteiger partial charge on any atom is 0.0664 e. The maximum atomic E-state index is 5.62. The van der Waals surface area contributed by atoms with Gasteiger partial charge < -0.3 is 4.74 Å². The smallest absolute Gasteiger partial charge is 0.0664 e. The molecular weight excluding hydrogens is 198 g/mol. The highest BCUT2D eigenvalue weighted by atomic mass is 16.5. The summed E-state index contributed by atoms with van der Waals surface area (Å²) in [6.07, 6.45) is 0. The van der Waals surface area contributed by atoms with Crippen molar-refractivity contribution in [3.63, 3.8) is 0 Å². The summed E-state index contributed by atoms with van der Waals surface area (Å²) in [7, 11) is 0. The Bertz CT molecular complexity index is 328. The van der Waals surface area contributed by atoms with Crippen LogP contribution >= 0.6 is 0 Å². The zero-order valence-electron chi connectivity index (χ0n) is 10.4. The zero-order chi connectivity index (χ0) is 11.6. The van der Waals surface area contributed by atoms with Gasteiger partial charge in [0.05, 0.1) is 19.3 Å². The number of morpholine rings is 1. The SMILES string of the molecule is CC(C)(C)N1CCOC[C@@H]1c1ccccc1. The second kappa shape index (κ2) is 4.56. The van der Waals surface area contributed by atoms with E-state index in [9.17, 15) is 0 Å². The van der Waals surface area contributed by atoms with Crippen LogP contribution in [0, 0.1) is 0 Å². The van der Waals surface area contributed by atoms with Crippen molar-refractivity contribution in [1.82, 2.24) is 4.90 Å². The van der Waals surface area contributed by atoms with Crippen LogP contribution in [0.4, 0.5) is 0 Å². The molecule has 1 fully saturated rings. The van der Waals surface area contributed by atoms with Gasteiger partial charge >= 0.3 is 0 Å². The number of nitrogens with zero attached hydrogens (tertiary/aromatic N) is 1. The standard InChI is InChI=1S/C14H21NO/c1-14(2,3)15-9-10-16-11-13(15)12-7-5-4-6-8-12/h4-8,13H,9-11H2,1-3H3/t13-/m1/s1. The Kier molecular flexibility index (Phi) is 3.31. The first kappa shape index (κ1) is 11.6. The van der Waals surface area contributed by atoms with Crippen LogP contribution in [-0.4, -0.2) is 30.2 Å². The molecule has 0 saturated carbocycles. The first-order valence-electron chi connectivity index (χ1n) is 5.98. The molecule has 2 rings (SSSR count). The lowest BCUT2D eigenvalue weighted by molar-refractivity contribution is -0.0506. The predicted molar refractivity (Wildman–Crippen MR) is 66.5 cm³/mol. The molecule has 1 aromatic carbocycles. The van der Waals surface area contributed by atoms with Gasteiger partial charge in [-0.05, 0) is 26.3 Å². The van der Waals surface area contributed by atoms with E-state index in [0.717, 1.165) is 19.8 Å². The van der Waals surface area contributed by atoms with E-state index in [1.807, 2.05) is 0 Å². The Balaban J connectivity index is 2.24. The molecule has 1 heterocycles. The van der Waals surface area contributed by atoms with Crippen LogP contribution in [0.25, 0.3) is 0 Å². The van der Waals surface area contributed by atoms with Gasteiger partial charge in [0.2, 0.25) is 0 Å². The molecule has 0 unspecified atom stereocenters. The molecule has 0 amide bonds. The van der Waals surface area contributed by atoms with Gasteiger partial charge in [0.25, 0.3) is 0 Å². The molecule has 16 heavy (non-hydrogen) atoms. The molecule has 1 saturated heterocycles. The minimum absolute atomic E-state index is 0.199. The predicted octanol–water partition coefficient (Wildman–Crippen LogP) is 2.86. The molecule has 1 aliphatic rings. The Morgan fingerprint density at radius 2 is 1.88 bits per heavy atom. The highest BCUT2D eigenvalue weighted by molar-refractivity contribution is 5.20. The van der Waals surface area contributed by atoms with Crippen LogP contribution in [-0.2, 0) is 4.74 Å². The van der Waals surface area contributed by atoms with Gasteiger partial charge in [0.15, 0.2) is 0 Å². The highest BCUT2D eigenvalue weighted by Crippen LogP contribution is 2.30. The largest absolute Gasteiger partial charge is 0.378 e. The second-order valence-electron chi connectivity index (χ2n) is 5.37. The average molecular weight is 219 g/mol. The molecule has 0 radical (unpaired) electrons. The monoisotopic (exact) mass is 219 g/mol. The van der Waals surface area contributed by atoms with Crippen molar-refractivity contribution in [2.45, 2.75) is 32.4 Å². The topological polar surface area (TPSA) is 12.5 Å². The molecule has 0 aliphatic carbocycles. The minimum Gasteiger partial charge on any atom is -0.378 e. The van der Waals surface area contributed by atoms with Crippen LogP contribution in [0.3, 0.4) is 0 Å². The van der Waals surface area contributed by atoms with E-state index in [1.165, 1.54) is 5.56 Å². The lowest BCUT2D eigenvalue weighted by atomic mass is 9.97. The van der Waals surface area contributed by atoms with Gasteiger partial charge in [-0.25, -0.2) is 0 Å². The average Bonchev–Trinajstić information content (AvgIpc) is 2.29. The summed E-state index contributed by atoms with van der Waals surface area (Å²) >= 11 is 0. The van der Waals surface area contributed by atoms with Crippen LogP contribution in [0.5, 0.6) is 0 Å². The number of rotatable bonds is 1. The van der Waals surface area contributed by atoms with Gasteiger partial charge in [0, 0.05) is 12.1 Å². The molecule has 0 aromatic heterocycles. The number of hydrogen-bond acceptors (Lipinski definition) is 2. The van der Waals surface area contributed by atoms with Crippen molar-refractivity contribution in [1.29, 1.82) is 0 Å². The van der Waals surface area contributed by atoms with Crippen molar-refractivity contribution < 1.29 is 4.74 Å². The fraction of sp³-hybridized carbons (Fsp3) is 0.571. The summed E-state index contributed by atoms with van der Waals surface area (Å²) in [5.41, 5.74) is 1.56. The van der Waals surface area contributed by atoms with E-state index >= 15 is 0 Å². The molecule has 0 bridgehead atoms. The van der Waals surface area contributed by atoms with E-state index in [2.05, 4.69) is 56.0 Å². The van der Waals surface area contributed by atoms with Crippen LogP contribution < -0.4 is 0 Å². The molecule has 2 nitrogen and oxygen atoms in total. The summed E-state index contributed by atoms with van der Waals surface area (Å²) in [5.74, 6) is 0. The molecule has 0 N–H and O–H groups in total. The van der Waals surface area contributed by atoms with E-state index < -0.39 is 0 Å². The lowest BCUT2D eigenvalue weighted by Gasteiger charge is -2.44. The van der Waals surface area contributed by atoms with Crippen molar-refractivity contribution in [2.75, 3.05) is 19.8 Å². The summed E-state index contributed by atoms with van der Waals surface area (Å²) in [6, 6.07) is 11.1. The Morgan fingerprint density at radius 1 is 1.19 bits per heavy atom. The molecule has 88 valence electrons. The minimum atomic E-state index is 0.199. The zero-order valence-corrected chi connectivity index (χ0v) is 10.4. The van der Waals surface area contributed by atoms with E-state index in [0.29, 0.717) is 6.04 Å². The maximum absolute atomic E-state index is 5.62. The molecule has 1 atom stereocenters. The Hall–Kier alpha value is -0.860. The normalized spacial score (nSPS) is 23.3. The second-order valence-corrected chi connectivity index (χ2v) is 5.37. The van der Waals surface area contributed by atoms with Crippen LogP contribution in [0.2, 0.25) is 0 Å². The van der Waals surface area contributed by atoms with Gasteiger partial charge in [-0.1, -0.05) is 30.3 Å². The number of ether oxygens (including phenoxy) is 1.